The number of benzene rings is 2. The van der Waals surface area contributed by atoms with Gasteiger partial charge in [0, 0.05) is 6.04 Å². The minimum absolute atomic E-state index is 0.406. The highest BCUT2D eigenvalue weighted by atomic mass is 16.5. The molecular formula is C19H25NO. The first-order valence-corrected chi connectivity index (χ1v) is 7.69. The molecule has 0 saturated heterocycles. The molecule has 0 amide bonds. The Kier molecular flexibility index (Phi) is 5.40. The predicted molar refractivity (Wildman–Crippen MR) is 89.1 cm³/mol. The van der Waals surface area contributed by atoms with Crippen molar-refractivity contribution in [3.8, 4) is 11.5 Å². The lowest BCUT2D eigenvalue weighted by Gasteiger charge is -2.15. The van der Waals surface area contributed by atoms with Gasteiger partial charge in [0.05, 0.1) is 0 Å². The maximum absolute atomic E-state index is 5.95. The Labute approximate surface area is 128 Å². The maximum Gasteiger partial charge on any atom is 0.127 e. The van der Waals surface area contributed by atoms with E-state index in [1.165, 1.54) is 11.1 Å². The molecule has 1 unspecified atom stereocenters. The molecule has 0 radical (unpaired) electrons. The lowest BCUT2D eigenvalue weighted by atomic mass is 10.0. The van der Waals surface area contributed by atoms with Gasteiger partial charge in [0.15, 0.2) is 0 Å². The fraction of sp³-hybridized carbons (Fsp3) is 0.368. The van der Waals surface area contributed by atoms with Crippen LogP contribution in [0.2, 0.25) is 0 Å². The molecule has 0 aliphatic carbocycles. The first-order chi connectivity index (χ1) is 10.1. The quantitative estimate of drug-likeness (QED) is 0.779. The van der Waals surface area contributed by atoms with Crippen LogP contribution in [0.15, 0.2) is 48.5 Å². The van der Waals surface area contributed by atoms with Crippen molar-refractivity contribution in [2.75, 3.05) is 7.05 Å². The van der Waals surface area contributed by atoms with Gasteiger partial charge < -0.3 is 10.1 Å². The molecule has 1 atom stereocenters. The van der Waals surface area contributed by atoms with Gasteiger partial charge in [-0.05, 0) is 54.8 Å². The molecule has 2 rings (SSSR count). The number of hydrogen-bond acceptors (Lipinski definition) is 2. The van der Waals surface area contributed by atoms with Crippen LogP contribution < -0.4 is 10.1 Å². The molecule has 0 saturated carbocycles. The molecule has 2 nitrogen and oxygen atoms in total. The average molecular weight is 283 g/mol. The van der Waals surface area contributed by atoms with Gasteiger partial charge in [-0.3, -0.25) is 0 Å². The van der Waals surface area contributed by atoms with Gasteiger partial charge in [0.2, 0.25) is 0 Å². The molecule has 112 valence electrons. The van der Waals surface area contributed by atoms with E-state index in [9.17, 15) is 0 Å². The molecule has 21 heavy (non-hydrogen) atoms. The fourth-order valence-corrected chi connectivity index (χ4v) is 2.45. The Hall–Kier alpha value is -1.80. The van der Waals surface area contributed by atoms with Crippen molar-refractivity contribution < 1.29 is 4.74 Å². The van der Waals surface area contributed by atoms with Gasteiger partial charge >= 0.3 is 0 Å². The minimum atomic E-state index is 0.406. The van der Waals surface area contributed by atoms with Crippen molar-refractivity contribution in [1.29, 1.82) is 0 Å². The first kappa shape index (κ1) is 15.6. The summed E-state index contributed by atoms with van der Waals surface area (Å²) in [6.45, 7) is 6.57. The molecule has 0 heterocycles. The van der Waals surface area contributed by atoms with Crippen molar-refractivity contribution >= 4 is 0 Å². The van der Waals surface area contributed by atoms with Crippen LogP contribution in [-0.4, -0.2) is 7.05 Å². The van der Waals surface area contributed by atoms with Crippen LogP contribution in [0.1, 0.15) is 50.3 Å². The first-order valence-electron chi connectivity index (χ1n) is 7.69. The van der Waals surface area contributed by atoms with Crippen molar-refractivity contribution in [3.63, 3.8) is 0 Å². The normalized spacial score (nSPS) is 12.4. The smallest absolute Gasteiger partial charge is 0.127 e. The molecule has 0 spiro atoms. The summed E-state index contributed by atoms with van der Waals surface area (Å²) < 4.78 is 5.95. The Bertz CT molecular complexity index is 556. The van der Waals surface area contributed by atoms with Crippen LogP contribution in [0, 0.1) is 0 Å². The third-order valence-electron chi connectivity index (χ3n) is 3.80. The maximum atomic E-state index is 5.95. The molecule has 0 aliphatic rings. The predicted octanol–water partition coefficient (Wildman–Crippen LogP) is 5.27. The van der Waals surface area contributed by atoms with Crippen LogP contribution >= 0.6 is 0 Å². The molecule has 0 aliphatic heterocycles. The SMILES string of the molecule is CCC(NC)c1ccc(Oc2cccc(C(C)C)c2)cc1. The van der Waals surface area contributed by atoms with Crippen molar-refractivity contribution in [2.45, 2.75) is 39.2 Å². The second kappa shape index (κ2) is 7.28. The van der Waals surface area contributed by atoms with Crippen LogP contribution in [0.4, 0.5) is 0 Å². The molecule has 1 N–H and O–H groups in total. The van der Waals surface area contributed by atoms with Crippen molar-refractivity contribution in [2.24, 2.45) is 0 Å². The lowest BCUT2D eigenvalue weighted by molar-refractivity contribution is 0.480. The number of hydrogen-bond donors (Lipinski definition) is 1. The largest absolute Gasteiger partial charge is 0.457 e. The number of ether oxygens (including phenoxy) is 1. The van der Waals surface area contributed by atoms with Gasteiger partial charge in [0.25, 0.3) is 0 Å². The summed E-state index contributed by atoms with van der Waals surface area (Å²) >= 11 is 0. The summed E-state index contributed by atoms with van der Waals surface area (Å²) in [6, 6.07) is 17.0. The second-order valence-corrected chi connectivity index (χ2v) is 5.65. The van der Waals surface area contributed by atoms with E-state index in [-0.39, 0.29) is 0 Å². The summed E-state index contributed by atoms with van der Waals surface area (Å²) in [5.74, 6) is 2.29. The highest BCUT2D eigenvalue weighted by molar-refractivity contribution is 5.36. The second-order valence-electron chi connectivity index (χ2n) is 5.65. The molecule has 0 bridgehead atoms. The third-order valence-corrected chi connectivity index (χ3v) is 3.80. The van der Waals surface area contributed by atoms with Crippen LogP contribution in [0.5, 0.6) is 11.5 Å². The third kappa shape index (κ3) is 4.08. The molecular weight excluding hydrogens is 258 g/mol. The summed E-state index contributed by atoms with van der Waals surface area (Å²) in [5.41, 5.74) is 2.59. The summed E-state index contributed by atoms with van der Waals surface area (Å²) in [6.07, 6.45) is 1.08. The summed E-state index contributed by atoms with van der Waals surface area (Å²) in [7, 11) is 2.00. The molecule has 2 heteroatoms. The fourth-order valence-electron chi connectivity index (χ4n) is 2.45. The van der Waals surface area contributed by atoms with E-state index in [0.717, 1.165) is 17.9 Å². The van der Waals surface area contributed by atoms with Crippen LogP contribution in [-0.2, 0) is 0 Å². The zero-order valence-electron chi connectivity index (χ0n) is 13.4. The van der Waals surface area contributed by atoms with Gasteiger partial charge in [-0.25, -0.2) is 0 Å². The minimum Gasteiger partial charge on any atom is -0.457 e. The van der Waals surface area contributed by atoms with E-state index in [4.69, 9.17) is 4.74 Å². The Morgan fingerprint density at radius 2 is 1.67 bits per heavy atom. The van der Waals surface area contributed by atoms with E-state index in [1.807, 2.05) is 31.3 Å². The molecule has 2 aromatic carbocycles. The van der Waals surface area contributed by atoms with E-state index in [2.05, 4.69) is 50.4 Å². The Balaban J connectivity index is 2.11. The molecule has 2 aromatic rings. The van der Waals surface area contributed by atoms with Crippen LogP contribution in [0.3, 0.4) is 0 Å². The zero-order valence-corrected chi connectivity index (χ0v) is 13.4. The van der Waals surface area contributed by atoms with Gasteiger partial charge in [-0.1, -0.05) is 45.0 Å². The van der Waals surface area contributed by atoms with E-state index in [0.29, 0.717) is 12.0 Å². The standard InChI is InChI=1S/C19H25NO/c1-5-19(20-4)15-9-11-17(12-10-15)21-18-8-6-7-16(13-18)14(2)3/h6-14,19-20H,5H2,1-4H3. The lowest BCUT2D eigenvalue weighted by Crippen LogP contribution is -2.14. The van der Waals surface area contributed by atoms with Gasteiger partial charge in [0.1, 0.15) is 11.5 Å². The highest BCUT2D eigenvalue weighted by Crippen LogP contribution is 2.26. The van der Waals surface area contributed by atoms with Crippen LogP contribution in [0.25, 0.3) is 0 Å². The molecule has 0 aromatic heterocycles. The number of rotatable bonds is 6. The monoisotopic (exact) mass is 283 g/mol. The van der Waals surface area contributed by atoms with E-state index < -0.39 is 0 Å². The summed E-state index contributed by atoms with van der Waals surface area (Å²) in [4.78, 5) is 0. The summed E-state index contributed by atoms with van der Waals surface area (Å²) in [5, 5.41) is 3.32. The van der Waals surface area contributed by atoms with E-state index in [1.54, 1.807) is 0 Å². The van der Waals surface area contributed by atoms with Crippen molar-refractivity contribution in [1.82, 2.24) is 5.32 Å². The average Bonchev–Trinajstić information content (AvgIpc) is 2.50. The van der Waals surface area contributed by atoms with Gasteiger partial charge in [-0.2, -0.15) is 0 Å². The Morgan fingerprint density at radius 1 is 0.952 bits per heavy atom. The Morgan fingerprint density at radius 3 is 2.24 bits per heavy atom. The number of nitrogens with one attached hydrogen (secondary N) is 1. The topological polar surface area (TPSA) is 21.3 Å². The highest BCUT2D eigenvalue weighted by Gasteiger charge is 2.07. The molecule has 0 fully saturated rings. The zero-order chi connectivity index (χ0) is 15.2. The van der Waals surface area contributed by atoms with Gasteiger partial charge in [-0.15, -0.1) is 0 Å². The van der Waals surface area contributed by atoms with Crippen molar-refractivity contribution in [3.05, 3.63) is 59.7 Å². The van der Waals surface area contributed by atoms with E-state index >= 15 is 0 Å².